The van der Waals surface area contributed by atoms with E-state index in [0.717, 1.165) is 62.6 Å². The van der Waals surface area contributed by atoms with Crippen molar-refractivity contribution in [3.05, 3.63) is 70.5 Å². The number of carbonyl (C=O) groups is 3. The van der Waals surface area contributed by atoms with Crippen LogP contribution >= 0.6 is 0 Å². The number of hydrogen-bond donors (Lipinski definition) is 2. The molecule has 6 nitrogen and oxygen atoms in total. The third kappa shape index (κ3) is 7.96. The summed E-state index contributed by atoms with van der Waals surface area (Å²) in [6, 6.07) is 9.16. The predicted octanol–water partition coefficient (Wildman–Crippen LogP) is 6.62. The fourth-order valence-electron chi connectivity index (χ4n) is 6.46. The standard InChI is InChI=1S/C32H38F4N2O4/c1-2-42-28(39)11-15-37-30(41)22-8-6-21(7-9-22)20-38-26-10-14-31(12-4-3-5-13-31)27(19-26)29(40)23-16-24(32(34,35)36)18-25(33)17-23/h6-9,16-18,26-27,38H,2-5,10-15,19-20H2,1H3,(H,37,41). The first-order valence-electron chi connectivity index (χ1n) is 14.7. The molecule has 2 fully saturated rings. The van der Waals surface area contributed by atoms with Gasteiger partial charge >= 0.3 is 12.1 Å². The van der Waals surface area contributed by atoms with Crippen LogP contribution in [0.4, 0.5) is 17.6 Å². The Labute approximate surface area is 243 Å². The number of nitrogens with one attached hydrogen (secondary N) is 2. The lowest BCUT2D eigenvalue weighted by atomic mass is 9.57. The maximum Gasteiger partial charge on any atom is 0.416 e. The highest BCUT2D eigenvalue weighted by Crippen LogP contribution is 2.52. The SMILES string of the molecule is CCOC(=O)CCNC(=O)c1ccc(CNC2CCC3(CCCCC3)C(C(=O)c3cc(F)cc(C(F)(F)F)c3)C2)cc1. The Morgan fingerprint density at radius 2 is 1.69 bits per heavy atom. The van der Waals surface area contributed by atoms with E-state index in [1.54, 1.807) is 19.1 Å². The number of Topliss-reactive ketones (excluding diaryl/α,β-unsaturated/α-hetero) is 1. The van der Waals surface area contributed by atoms with Gasteiger partial charge in [0.1, 0.15) is 5.82 Å². The van der Waals surface area contributed by atoms with Gasteiger partial charge in [0.15, 0.2) is 5.78 Å². The van der Waals surface area contributed by atoms with Crippen LogP contribution in [-0.4, -0.2) is 36.9 Å². The van der Waals surface area contributed by atoms with Gasteiger partial charge in [-0.25, -0.2) is 4.39 Å². The van der Waals surface area contributed by atoms with Gasteiger partial charge in [-0.15, -0.1) is 0 Å². The molecule has 2 aliphatic rings. The van der Waals surface area contributed by atoms with E-state index in [0.29, 0.717) is 24.6 Å². The van der Waals surface area contributed by atoms with Gasteiger partial charge in [0, 0.05) is 36.2 Å². The Balaban J connectivity index is 1.40. The summed E-state index contributed by atoms with van der Waals surface area (Å²) < 4.78 is 59.2. The van der Waals surface area contributed by atoms with Gasteiger partial charge in [0.25, 0.3) is 5.91 Å². The smallest absolute Gasteiger partial charge is 0.416 e. The minimum atomic E-state index is -4.74. The number of alkyl halides is 3. The van der Waals surface area contributed by atoms with Gasteiger partial charge in [-0.05, 0) is 80.3 Å². The number of carbonyl (C=O) groups excluding carboxylic acids is 3. The Morgan fingerprint density at radius 1 is 0.976 bits per heavy atom. The number of halogens is 4. The van der Waals surface area contributed by atoms with Crippen molar-refractivity contribution in [2.24, 2.45) is 11.3 Å². The van der Waals surface area contributed by atoms with Crippen LogP contribution in [0.15, 0.2) is 42.5 Å². The first kappa shape index (κ1) is 31.7. The van der Waals surface area contributed by atoms with E-state index in [4.69, 9.17) is 4.74 Å². The van der Waals surface area contributed by atoms with Gasteiger partial charge in [0.2, 0.25) is 0 Å². The van der Waals surface area contributed by atoms with Crippen LogP contribution in [0.1, 0.15) is 96.6 Å². The summed E-state index contributed by atoms with van der Waals surface area (Å²) in [5.74, 6) is -2.63. The number of ketones is 1. The minimum Gasteiger partial charge on any atom is -0.466 e. The molecule has 0 radical (unpaired) electrons. The number of hydrogen-bond acceptors (Lipinski definition) is 5. The van der Waals surface area contributed by atoms with Crippen molar-refractivity contribution >= 4 is 17.7 Å². The summed E-state index contributed by atoms with van der Waals surface area (Å²) >= 11 is 0. The van der Waals surface area contributed by atoms with Gasteiger partial charge in [-0.3, -0.25) is 14.4 Å². The van der Waals surface area contributed by atoms with Gasteiger partial charge in [0.05, 0.1) is 18.6 Å². The fourth-order valence-corrected chi connectivity index (χ4v) is 6.46. The van der Waals surface area contributed by atoms with Crippen molar-refractivity contribution in [3.63, 3.8) is 0 Å². The predicted molar refractivity (Wildman–Crippen MR) is 149 cm³/mol. The summed E-state index contributed by atoms with van der Waals surface area (Å²) in [4.78, 5) is 37.5. The second kappa shape index (κ2) is 13.8. The Hall–Kier alpha value is -3.27. The molecule has 2 aromatic rings. The van der Waals surface area contributed by atoms with E-state index in [9.17, 15) is 31.9 Å². The molecule has 2 unspecified atom stereocenters. The monoisotopic (exact) mass is 590 g/mol. The molecule has 0 bridgehead atoms. The van der Waals surface area contributed by atoms with Crippen LogP contribution in [0, 0.1) is 17.2 Å². The number of rotatable bonds is 10. The summed E-state index contributed by atoms with van der Waals surface area (Å²) in [7, 11) is 0. The van der Waals surface area contributed by atoms with Crippen molar-refractivity contribution in [3.8, 4) is 0 Å². The number of benzene rings is 2. The molecular formula is C32H38F4N2O4. The molecule has 0 aliphatic heterocycles. The van der Waals surface area contributed by atoms with E-state index in [1.165, 1.54) is 0 Å². The lowest BCUT2D eigenvalue weighted by molar-refractivity contribution is -0.143. The first-order chi connectivity index (χ1) is 20.0. The fraction of sp³-hybridized carbons (Fsp3) is 0.531. The van der Waals surface area contributed by atoms with Crippen LogP contribution in [0.25, 0.3) is 0 Å². The van der Waals surface area contributed by atoms with E-state index < -0.39 is 29.3 Å². The molecule has 42 heavy (non-hydrogen) atoms. The lowest BCUT2D eigenvalue weighted by Gasteiger charge is -2.48. The molecular weight excluding hydrogens is 552 g/mol. The van der Waals surface area contributed by atoms with Gasteiger partial charge in [-0.1, -0.05) is 31.4 Å². The van der Waals surface area contributed by atoms with Crippen LogP contribution in [-0.2, 0) is 22.3 Å². The normalized spacial score (nSPS) is 20.2. The average molecular weight is 591 g/mol. The lowest BCUT2D eigenvalue weighted by Crippen LogP contribution is -2.47. The molecule has 2 saturated carbocycles. The van der Waals surface area contributed by atoms with Crippen molar-refractivity contribution in [1.29, 1.82) is 0 Å². The molecule has 228 valence electrons. The summed E-state index contributed by atoms with van der Waals surface area (Å²) in [6.07, 6.45) is 2.16. The molecule has 4 rings (SSSR count). The number of amides is 1. The van der Waals surface area contributed by atoms with Crippen LogP contribution in [0.2, 0.25) is 0 Å². The van der Waals surface area contributed by atoms with Crippen molar-refractivity contribution < 1.29 is 36.7 Å². The van der Waals surface area contributed by atoms with Gasteiger partial charge in [-0.2, -0.15) is 13.2 Å². The van der Waals surface area contributed by atoms with E-state index >= 15 is 0 Å². The zero-order valence-electron chi connectivity index (χ0n) is 23.8. The highest BCUT2D eigenvalue weighted by Gasteiger charge is 2.47. The minimum absolute atomic E-state index is 0.0343. The summed E-state index contributed by atoms with van der Waals surface area (Å²) in [6.45, 7) is 2.67. The number of ether oxygens (including phenoxy) is 1. The molecule has 1 amide bonds. The van der Waals surface area contributed by atoms with Crippen LogP contribution in [0.3, 0.4) is 0 Å². The highest BCUT2D eigenvalue weighted by molar-refractivity contribution is 5.98. The average Bonchev–Trinajstić information content (AvgIpc) is 2.96. The Morgan fingerprint density at radius 3 is 2.36 bits per heavy atom. The summed E-state index contributed by atoms with van der Waals surface area (Å²) in [5, 5.41) is 6.18. The zero-order valence-corrected chi connectivity index (χ0v) is 23.8. The maximum atomic E-state index is 14.2. The van der Waals surface area contributed by atoms with Crippen molar-refractivity contribution in [1.82, 2.24) is 10.6 Å². The van der Waals surface area contributed by atoms with Crippen LogP contribution in [0.5, 0.6) is 0 Å². The van der Waals surface area contributed by atoms with Crippen molar-refractivity contribution in [2.75, 3.05) is 13.2 Å². The van der Waals surface area contributed by atoms with Gasteiger partial charge < -0.3 is 15.4 Å². The van der Waals surface area contributed by atoms with E-state index in [1.807, 2.05) is 12.1 Å². The van der Waals surface area contributed by atoms with Crippen LogP contribution < -0.4 is 10.6 Å². The first-order valence-corrected chi connectivity index (χ1v) is 14.7. The zero-order chi connectivity index (χ0) is 30.3. The quantitative estimate of drug-likeness (QED) is 0.185. The van der Waals surface area contributed by atoms with Crippen molar-refractivity contribution in [2.45, 2.75) is 83.5 Å². The Bertz CT molecular complexity index is 1260. The topological polar surface area (TPSA) is 84.5 Å². The third-order valence-electron chi connectivity index (χ3n) is 8.66. The molecule has 10 heteroatoms. The second-order valence-corrected chi connectivity index (χ2v) is 11.4. The molecule has 0 heterocycles. The molecule has 1 spiro atoms. The second-order valence-electron chi connectivity index (χ2n) is 11.4. The molecule has 2 aromatic carbocycles. The molecule has 0 aromatic heterocycles. The largest absolute Gasteiger partial charge is 0.466 e. The maximum absolute atomic E-state index is 14.2. The van der Waals surface area contributed by atoms with E-state index in [-0.39, 0.29) is 48.5 Å². The Kier molecular flexibility index (Phi) is 10.4. The molecule has 2 aliphatic carbocycles. The molecule has 2 N–H and O–H groups in total. The molecule has 0 saturated heterocycles. The molecule has 2 atom stereocenters. The number of esters is 1. The third-order valence-corrected chi connectivity index (χ3v) is 8.66. The van der Waals surface area contributed by atoms with E-state index in [2.05, 4.69) is 10.6 Å². The summed E-state index contributed by atoms with van der Waals surface area (Å²) in [5.41, 5.74) is -0.253. The highest BCUT2D eigenvalue weighted by atomic mass is 19.4.